The molecule has 0 aliphatic heterocycles. The molecule has 0 radical (unpaired) electrons. The second kappa shape index (κ2) is 2.85. The van der Waals surface area contributed by atoms with E-state index in [4.69, 9.17) is 5.73 Å². The van der Waals surface area contributed by atoms with Crippen LogP contribution >= 0.6 is 0 Å². The maximum absolute atomic E-state index is 5.60. The molecule has 0 aliphatic carbocycles. The second-order valence-electron chi connectivity index (χ2n) is 3.24. The summed E-state index contributed by atoms with van der Waals surface area (Å²) >= 11 is 0. The number of nitrogens with zero attached hydrogens (tertiary/aromatic N) is 2. The van der Waals surface area contributed by atoms with Crippen LogP contribution < -0.4 is 5.73 Å². The SMILES string of the molecule is Cc1ccc2cnc(CN)n2c1C. The summed E-state index contributed by atoms with van der Waals surface area (Å²) < 4.78 is 2.11. The topological polar surface area (TPSA) is 43.3 Å². The maximum Gasteiger partial charge on any atom is 0.127 e. The monoisotopic (exact) mass is 175 g/mol. The number of hydrogen-bond donors (Lipinski definition) is 1. The molecule has 68 valence electrons. The first-order chi connectivity index (χ1) is 6.24. The highest BCUT2D eigenvalue weighted by Gasteiger charge is 2.04. The Morgan fingerprint density at radius 1 is 1.38 bits per heavy atom. The van der Waals surface area contributed by atoms with E-state index in [1.165, 1.54) is 11.3 Å². The van der Waals surface area contributed by atoms with E-state index in [0.29, 0.717) is 6.54 Å². The van der Waals surface area contributed by atoms with Gasteiger partial charge >= 0.3 is 0 Å². The largest absolute Gasteiger partial charge is 0.324 e. The van der Waals surface area contributed by atoms with E-state index >= 15 is 0 Å². The fraction of sp³-hybridized carbons (Fsp3) is 0.300. The van der Waals surface area contributed by atoms with Gasteiger partial charge in [0, 0.05) is 5.69 Å². The third-order valence-electron chi connectivity index (χ3n) is 2.45. The fourth-order valence-electron chi connectivity index (χ4n) is 1.56. The predicted octanol–water partition coefficient (Wildman–Crippen LogP) is 1.41. The van der Waals surface area contributed by atoms with Crippen molar-refractivity contribution in [2.75, 3.05) is 0 Å². The van der Waals surface area contributed by atoms with Crippen LogP contribution in [-0.2, 0) is 6.54 Å². The fourth-order valence-corrected chi connectivity index (χ4v) is 1.56. The van der Waals surface area contributed by atoms with Crippen LogP contribution in [0.15, 0.2) is 18.3 Å². The van der Waals surface area contributed by atoms with Gasteiger partial charge in [0.25, 0.3) is 0 Å². The molecule has 0 bridgehead atoms. The van der Waals surface area contributed by atoms with Crippen LogP contribution in [0, 0.1) is 13.8 Å². The minimum Gasteiger partial charge on any atom is -0.324 e. The van der Waals surface area contributed by atoms with Gasteiger partial charge < -0.3 is 5.73 Å². The molecular weight excluding hydrogens is 162 g/mol. The molecular formula is C10H13N3. The van der Waals surface area contributed by atoms with Crippen molar-refractivity contribution in [2.24, 2.45) is 5.73 Å². The van der Waals surface area contributed by atoms with Crippen molar-refractivity contribution in [1.82, 2.24) is 9.38 Å². The number of imidazole rings is 1. The van der Waals surface area contributed by atoms with Crippen molar-refractivity contribution in [3.63, 3.8) is 0 Å². The molecule has 2 rings (SSSR count). The lowest BCUT2D eigenvalue weighted by atomic mass is 10.2. The van der Waals surface area contributed by atoms with Gasteiger partial charge in [-0.3, -0.25) is 4.40 Å². The summed E-state index contributed by atoms with van der Waals surface area (Å²) in [5.74, 6) is 0.927. The zero-order chi connectivity index (χ0) is 9.42. The number of rotatable bonds is 1. The van der Waals surface area contributed by atoms with Crippen molar-refractivity contribution in [2.45, 2.75) is 20.4 Å². The van der Waals surface area contributed by atoms with Crippen molar-refractivity contribution < 1.29 is 0 Å². The average molecular weight is 175 g/mol. The van der Waals surface area contributed by atoms with E-state index in [1.54, 1.807) is 0 Å². The Kier molecular flexibility index (Phi) is 1.81. The Hall–Kier alpha value is -1.35. The minimum atomic E-state index is 0.485. The van der Waals surface area contributed by atoms with Crippen LogP contribution in [0.3, 0.4) is 0 Å². The summed E-state index contributed by atoms with van der Waals surface area (Å²) in [6, 6.07) is 4.17. The third kappa shape index (κ3) is 1.12. The number of hydrogen-bond acceptors (Lipinski definition) is 2. The minimum absolute atomic E-state index is 0.485. The lowest BCUT2D eigenvalue weighted by Gasteiger charge is -2.06. The summed E-state index contributed by atoms with van der Waals surface area (Å²) in [4.78, 5) is 4.25. The quantitative estimate of drug-likeness (QED) is 0.712. The molecule has 0 fully saturated rings. The third-order valence-corrected chi connectivity index (χ3v) is 2.45. The first-order valence-electron chi connectivity index (χ1n) is 4.36. The molecule has 0 saturated heterocycles. The van der Waals surface area contributed by atoms with E-state index in [1.807, 2.05) is 6.20 Å². The Bertz CT molecular complexity index is 443. The van der Waals surface area contributed by atoms with Gasteiger partial charge in [0.05, 0.1) is 18.3 Å². The van der Waals surface area contributed by atoms with Gasteiger partial charge in [-0.1, -0.05) is 6.07 Å². The predicted molar refractivity (Wildman–Crippen MR) is 52.6 cm³/mol. The molecule has 0 aliphatic rings. The first kappa shape index (κ1) is 8.26. The molecule has 0 unspecified atom stereocenters. The van der Waals surface area contributed by atoms with Gasteiger partial charge in [-0.15, -0.1) is 0 Å². The van der Waals surface area contributed by atoms with Crippen LogP contribution in [0.25, 0.3) is 5.52 Å². The van der Waals surface area contributed by atoms with Crippen molar-refractivity contribution in [1.29, 1.82) is 0 Å². The zero-order valence-electron chi connectivity index (χ0n) is 7.91. The van der Waals surface area contributed by atoms with Crippen LogP contribution in [-0.4, -0.2) is 9.38 Å². The van der Waals surface area contributed by atoms with Gasteiger partial charge in [-0.25, -0.2) is 4.98 Å². The van der Waals surface area contributed by atoms with E-state index in [2.05, 4.69) is 35.4 Å². The first-order valence-corrected chi connectivity index (χ1v) is 4.36. The van der Waals surface area contributed by atoms with Crippen LogP contribution in [0.5, 0.6) is 0 Å². The molecule has 13 heavy (non-hydrogen) atoms. The molecule has 0 saturated carbocycles. The highest BCUT2D eigenvalue weighted by molar-refractivity contribution is 5.49. The van der Waals surface area contributed by atoms with Crippen molar-refractivity contribution in [3.05, 3.63) is 35.4 Å². The van der Waals surface area contributed by atoms with Gasteiger partial charge in [-0.2, -0.15) is 0 Å². The summed E-state index contributed by atoms with van der Waals surface area (Å²) in [6.07, 6.45) is 1.86. The standard InChI is InChI=1S/C10H13N3/c1-7-3-4-9-6-12-10(5-11)13(9)8(7)2/h3-4,6H,5,11H2,1-2H3. The molecule has 0 aromatic carbocycles. The summed E-state index contributed by atoms with van der Waals surface area (Å²) in [7, 11) is 0. The van der Waals surface area contributed by atoms with Crippen molar-refractivity contribution >= 4 is 5.52 Å². The maximum atomic E-state index is 5.60. The summed E-state index contributed by atoms with van der Waals surface area (Å²) in [5.41, 5.74) is 9.19. The van der Waals surface area contributed by atoms with Gasteiger partial charge in [0.2, 0.25) is 0 Å². The van der Waals surface area contributed by atoms with E-state index in [0.717, 1.165) is 11.3 Å². The number of aromatic nitrogens is 2. The lowest BCUT2D eigenvalue weighted by molar-refractivity contribution is 0.878. The number of aryl methyl sites for hydroxylation is 2. The average Bonchev–Trinajstić information content (AvgIpc) is 2.55. The molecule has 3 heteroatoms. The Labute approximate surface area is 77.2 Å². The molecule has 2 heterocycles. The second-order valence-corrected chi connectivity index (χ2v) is 3.24. The smallest absolute Gasteiger partial charge is 0.127 e. The van der Waals surface area contributed by atoms with Gasteiger partial charge in [0.1, 0.15) is 5.82 Å². The number of fused-ring (bicyclic) bond motifs is 1. The molecule has 3 nitrogen and oxygen atoms in total. The molecule has 2 aromatic heterocycles. The summed E-state index contributed by atoms with van der Waals surface area (Å²) in [5, 5.41) is 0. The zero-order valence-corrected chi connectivity index (χ0v) is 7.91. The van der Waals surface area contributed by atoms with Gasteiger partial charge in [0.15, 0.2) is 0 Å². The van der Waals surface area contributed by atoms with Crippen LogP contribution in [0.4, 0.5) is 0 Å². The Balaban J connectivity index is 2.85. The number of pyridine rings is 1. The molecule has 2 aromatic rings. The van der Waals surface area contributed by atoms with E-state index in [9.17, 15) is 0 Å². The highest BCUT2D eigenvalue weighted by Crippen LogP contribution is 2.13. The van der Waals surface area contributed by atoms with Crippen LogP contribution in [0.1, 0.15) is 17.1 Å². The molecule has 0 atom stereocenters. The Morgan fingerprint density at radius 3 is 2.85 bits per heavy atom. The molecule has 0 spiro atoms. The highest BCUT2D eigenvalue weighted by atomic mass is 15.0. The molecule has 0 amide bonds. The lowest BCUT2D eigenvalue weighted by Crippen LogP contribution is -2.05. The van der Waals surface area contributed by atoms with Crippen LogP contribution in [0.2, 0.25) is 0 Å². The van der Waals surface area contributed by atoms with Crippen molar-refractivity contribution in [3.8, 4) is 0 Å². The number of nitrogens with two attached hydrogens (primary N) is 1. The van der Waals surface area contributed by atoms with E-state index < -0.39 is 0 Å². The molecule has 2 N–H and O–H groups in total. The normalized spacial score (nSPS) is 11.0. The summed E-state index contributed by atoms with van der Waals surface area (Å²) in [6.45, 7) is 4.66. The van der Waals surface area contributed by atoms with E-state index in [-0.39, 0.29) is 0 Å². The Morgan fingerprint density at radius 2 is 2.15 bits per heavy atom. The van der Waals surface area contributed by atoms with Gasteiger partial charge in [-0.05, 0) is 25.5 Å².